The van der Waals surface area contributed by atoms with Crippen molar-refractivity contribution in [3.05, 3.63) is 95.6 Å². The van der Waals surface area contributed by atoms with E-state index in [0.29, 0.717) is 0 Å². The van der Waals surface area contributed by atoms with Crippen molar-refractivity contribution in [1.82, 2.24) is 0 Å². The first-order valence-corrected chi connectivity index (χ1v) is 9.08. The Bertz CT molecular complexity index is 931. The summed E-state index contributed by atoms with van der Waals surface area (Å²) in [5.74, 6) is 0.244. The molecule has 5 rings (SSSR count). The van der Waals surface area contributed by atoms with Gasteiger partial charge in [0.25, 0.3) is 0 Å². The number of carbonyl (C=O) groups excluding carboxylic acids is 1. The Morgan fingerprint density at radius 1 is 0.840 bits per heavy atom. The highest BCUT2D eigenvalue weighted by atomic mass is 16.1. The topological polar surface area (TPSA) is 17.1 Å². The molecule has 2 aromatic rings. The lowest BCUT2D eigenvalue weighted by Gasteiger charge is -2.36. The molecule has 0 saturated heterocycles. The van der Waals surface area contributed by atoms with Crippen molar-refractivity contribution in [1.29, 1.82) is 0 Å². The van der Waals surface area contributed by atoms with Gasteiger partial charge in [0.05, 0.1) is 5.92 Å². The molecule has 1 spiro atoms. The molecule has 1 fully saturated rings. The molecule has 25 heavy (non-hydrogen) atoms. The van der Waals surface area contributed by atoms with E-state index < -0.39 is 0 Å². The highest BCUT2D eigenvalue weighted by Crippen LogP contribution is 2.60. The van der Waals surface area contributed by atoms with Crippen molar-refractivity contribution in [2.24, 2.45) is 11.3 Å². The van der Waals surface area contributed by atoms with Crippen LogP contribution in [0.5, 0.6) is 0 Å². The van der Waals surface area contributed by atoms with Gasteiger partial charge in [-0.2, -0.15) is 0 Å². The number of hydrogen-bond donors (Lipinski definition) is 0. The highest BCUT2D eigenvalue weighted by Gasteiger charge is 2.53. The normalized spacial score (nSPS) is 27.3. The van der Waals surface area contributed by atoms with Gasteiger partial charge in [0.2, 0.25) is 0 Å². The van der Waals surface area contributed by atoms with Gasteiger partial charge in [-0.25, -0.2) is 0 Å². The molecule has 0 aliphatic heterocycles. The van der Waals surface area contributed by atoms with E-state index >= 15 is 0 Å². The summed E-state index contributed by atoms with van der Waals surface area (Å²) in [5.41, 5.74) is 6.08. The SMILES string of the molecule is O=C1C=C2CCCC23C=C(c2ccccc2)C=C(c2ccccc2)C13. The van der Waals surface area contributed by atoms with Crippen molar-refractivity contribution in [2.75, 3.05) is 0 Å². The van der Waals surface area contributed by atoms with Gasteiger partial charge in [0, 0.05) is 5.41 Å². The zero-order chi connectivity index (χ0) is 16.9. The maximum atomic E-state index is 12.9. The molecule has 0 aromatic heterocycles. The summed E-state index contributed by atoms with van der Waals surface area (Å²) in [6.45, 7) is 0. The van der Waals surface area contributed by atoms with Crippen LogP contribution in [0.15, 0.2) is 84.5 Å². The van der Waals surface area contributed by atoms with Gasteiger partial charge in [-0.15, -0.1) is 0 Å². The first-order chi connectivity index (χ1) is 12.3. The molecule has 3 aliphatic carbocycles. The standard InChI is InChI=1S/C24H20O/c25-22-15-20-12-7-13-24(20)16-19(17-8-3-1-4-9-17)14-21(23(22)24)18-10-5-2-6-11-18/h1-6,8-11,14-16,23H,7,12-13H2. The van der Waals surface area contributed by atoms with Crippen LogP contribution in [0.2, 0.25) is 0 Å². The first-order valence-electron chi connectivity index (χ1n) is 9.08. The molecule has 1 saturated carbocycles. The molecule has 0 N–H and O–H groups in total. The fraction of sp³-hybridized carbons (Fsp3) is 0.208. The van der Waals surface area contributed by atoms with Crippen LogP contribution in [-0.2, 0) is 4.79 Å². The minimum atomic E-state index is -0.0951. The predicted molar refractivity (Wildman–Crippen MR) is 102 cm³/mol. The second-order valence-corrected chi connectivity index (χ2v) is 7.33. The number of carbonyl (C=O) groups is 1. The fourth-order valence-electron chi connectivity index (χ4n) is 4.94. The lowest BCUT2D eigenvalue weighted by molar-refractivity contribution is -0.117. The van der Waals surface area contributed by atoms with Crippen molar-refractivity contribution < 1.29 is 4.79 Å². The van der Waals surface area contributed by atoms with E-state index in [1.165, 1.54) is 34.3 Å². The van der Waals surface area contributed by atoms with Crippen molar-refractivity contribution in [3.8, 4) is 0 Å². The van der Waals surface area contributed by atoms with Gasteiger partial charge in [-0.1, -0.05) is 78.4 Å². The van der Waals surface area contributed by atoms with Gasteiger partial charge in [-0.05, 0) is 47.6 Å². The summed E-state index contributed by atoms with van der Waals surface area (Å²) >= 11 is 0. The van der Waals surface area contributed by atoms with E-state index in [1.54, 1.807) is 0 Å². The van der Waals surface area contributed by atoms with Gasteiger partial charge in [0.15, 0.2) is 5.78 Å². The van der Waals surface area contributed by atoms with Crippen LogP contribution in [0.1, 0.15) is 30.4 Å². The third kappa shape index (κ3) is 2.12. The van der Waals surface area contributed by atoms with Crippen LogP contribution in [0.25, 0.3) is 11.1 Å². The Morgan fingerprint density at radius 2 is 1.52 bits per heavy atom. The number of benzene rings is 2. The smallest absolute Gasteiger partial charge is 0.164 e. The maximum absolute atomic E-state index is 12.9. The Hall–Kier alpha value is -2.67. The number of allylic oxidation sites excluding steroid dienone is 6. The summed E-state index contributed by atoms with van der Waals surface area (Å²) < 4.78 is 0. The molecular formula is C24H20O. The minimum absolute atomic E-state index is 0.0418. The molecule has 0 bridgehead atoms. The van der Waals surface area contributed by atoms with Crippen LogP contribution in [0.4, 0.5) is 0 Å². The Morgan fingerprint density at radius 3 is 2.24 bits per heavy atom. The summed E-state index contributed by atoms with van der Waals surface area (Å²) in [5, 5.41) is 0. The average molecular weight is 324 g/mol. The van der Waals surface area contributed by atoms with E-state index in [4.69, 9.17) is 0 Å². The van der Waals surface area contributed by atoms with Crippen LogP contribution < -0.4 is 0 Å². The predicted octanol–water partition coefficient (Wildman–Crippen LogP) is 5.46. The van der Waals surface area contributed by atoms with Gasteiger partial charge >= 0.3 is 0 Å². The molecule has 1 nitrogen and oxygen atoms in total. The maximum Gasteiger partial charge on any atom is 0.164 e. The quantitative estimate of drug-likeness (QED) is 0.716. The van der Waals surface area contributed by atoms with Gasteiger partial charge in [-0.3, -0.25) is 4.79 Å². The minimum Gasteiger partial charge on any atom is -0.294 e. The average Bonchev–Trinajstić information content (AvgIpc) is 3.16. The zero-order valence-electron chi connectivity index (χ0n) is 14.1. The molecule has 1 heteroatoms. The van der Waals surface area contributed by atoms with Gasteiger partial charge < -0.3 is 0 Å². The third-order valence-electron chi connectivity index (χ3n) is 6.00. The number of hydrogen-bond acceptors (Lipinski definition) is 1. The number of rotatable bonds is 2. The van der Waals surface area contributed by atoms with E-state index in [-0.39, 0.29) is 17.1 Å². The molecular weight excluding hydrogens is 304 g/mol. The third-order valence-corrected chi connectivity index (χ3v) is 6.00. The summed E-state index contributed by atoms with van der Waals surface area (Å²) in [7, 11) is 0. The van der Waals surface area contributed by atoms with Crippen LogP contribution in [0.3, 0.4) is 0 Å². The summed E-state index contributed by atoms with van der Waals surface area (Å²) in [4.78, 5) is 12.9. The summed E-state index contributed by atoms with van der Waals surface area (Å²) in [6.07, 6.45) is 9.89. The second-order valence-electron chi connectivity index (χ2n) is 7.33. The van der Waals surface area contributed by atoms with Crippen LogP contribution >= 0.6 is 0 Å². The zero-order valence-corrected chi connectivity index (χ0v) is 14.1. The monoisotopic (exact) mass is 324 g/mol. The van der Waals surface area contributed by atoms with E-state index in [1.807, 2.05) is 12.1 Å². The molecule has 0 heterocycles. The lowest BCUT2D eigenvalue weighted by Crippen LogP contribution is -2.31. The molecule has 0 radical (unpaired) electrons. The largest absolute Gasteiger partial charge is 0.294 e. The fourth-order valence-corrected chi connectivity index (χ4v) is 4.94. The number of ketones is 1. The van der Waals surface area contributed by atoms with E-state index in [9.17, 15) is 4.79 Å². The Labute approximate surface area is 148 Å². The summed E-state index contributed by atoms with van der Waals surface area (Å²) in [6, 6.07) is 21.0. The first kappa shape index (κ1) is 14.7. The van der Waals surface area contributed by atoms with Crippen LogP contribution in [-0.4, -0.2) is 5.78 Å². The Balaban J connectivity index is 1.74. The van der Waals surface area contributed by atoms with Crippen molar-refractivity contribution in [3.63, 3.8) is 0 Å². The lowest BCUT2D eigenvalue weighted by atomic mass is 9.65. The Kier molecular flexibility index (Phi) is 3.18. The van der Waals surface area contributed by atoms with Crippen LogP contribution in [0, 0.1) is 11.3 Å². The molecule has 3 aliphatic rings. The molecule has 2 atom stereocenters. The molecule has 2 aromatic carbocycles. The second kappa shape index (κ2) is 5.42. The van der Waals surface area contributed by atoms with Gasteiger partial charge in [0.1, 0.15) is 0 Å². The molecule has 2 unspecified atom stereocenters. The van der Waals surface area contributed by atoms with E-state index in [2.05, 4.69) is 66.7 Å². The molecule has 122 valence electrons. The van der Waals surface area contributed by atoms with Crippen molar-refractivity contribution >= 4 is 16.9 Å². The molecule has 0 amide bonds. The van der Waals surface area contributed by atoms with Crippen molar-refractivity contribution in [2.45, 2.75) is 19.3 Å². The highest BCUT2D eigenvalue weighted by molar-refractivity contribution is 6.08. The van der Waals surface area contributed by atoms with E-state index in [0.717, 1.165) is 12.8 Å².